The van der Waals surface area contributed by atoms with Crippen LogP contribution >= 0.6 is 0 Å². The van der Waals surface area contributed by atoms with Crippen LogP contribution in [-0.2, 0) is 144 Å². The quantitative estimate of drug-likeness (QED) is 0.0365. The van der Waals surface area contributed by atoms with Gasteiger partial charge < -0.3 is 162 Å². The number of nitrogens with one attached hydrogen (secondary N) is 6. The molecule has 0 saturated carbocycles. The van der Waals surface area contributed by atoms with Crippen molar-refractivity contribution in [3.63, 3.8) is 0 Å². The van der Waals surface area contributed by atoms with Gasteiger partial charge in [-0.2, -0.15) is 0 Å². The van der Waals surface area contributed by atoms with E-state index in [9.17, 15) is 43.8 Å². The van der Waals surface area contributed by atoms with Gasteiger partial charge in [-0.05, 0) is 78.0 Å². The number of carbonyl (C=O) groups is 7. The second kappa shape index (κ2) is 83.9. The zero-order chi connectivity index (χ0) is 95.4. The van der Waals surface area contributed by atoms with Crippen molar-refractivity contribution >= 4 is 47.3 Å². The number of carboxylic acid groups (broad SMARTS) is 1. The molecule has 8 amide bonds. The van der Waals surface area contributed by atoms with Crippen LogP contribution in [0.5, 0.6) is 0 Å². The lowest BCUT2D eigenvalue weighted by atomic mass is 9.95. The zero-order valence-corrected chi connectivity index (χ0v) is 78.6. The van der Waals surface area contributed by atoms with Gasteiger partial charge in [-0.3, -0.25) is 28.9 Å². The van der Waals surface area contributed by atoms with Crippen molar-refractivity contribution in [1.82, 2.24) is 31.5 Å². The molecule has 0 fully saturated rings. The van der Waals surface area contributed by atoms with Crippen LogP contribution < -0.4 is 37.6 Å². The molecule has 41 heteroatoms. The van der Waals surface area contributed by atoms with Crippen molar-refractivity contribution in [1.29, 1.82) is 0 Å². The molecule has 760 valence electrons. The molecule has 4 rings (SSSR count). The largest absolute Gasteiger partial charge is 0.465 e. The second-order valence-corrected chi connectivity index (χ2v) is 30.0. The first-order valence-corrected chi connectivity index (χ1v) is 46.4. The average molecular weight is 1900 g/mol. The lowest BCUT2D eigenvalue weighted by Crippen LogP contribution is -2.55. The molecule has 0 aromatic heterocycles. The number of hydrogen-bond donors (Lipinski definition) is 9. The Bertz CT molecular complexity index is 3320. The van der Waals surface area contributed by atoms with Crippen LogP contribution in [0.3, 0.4) is 0 Å². The second-order valence-electron chi connectivity index (χ2n) is 30.0. The number of urea groups is 1. The highest BCUT2D eigenvalue weighted by atomic mass is 16.6. The van der Waals surface area contributed by atoms with Crippen LogP contribution in [0.15, 0.2) is 72.8 Å². The van der Waals surface area contributed by atoms with Crippen molar-refractivity contribution in [3.05, 3.63) is 89.5 Å². The third-order valence-electron chi connectivity index (χ3n) is 19.5. The number of unbranched alkanes of at least 4 members (excludes halogenated alkanes) is 1. The molecule has 0 heterocycles. The highest BCUT2D eigenvalue weighted by Crippen LogP contribution is 2.45. The molecule has 0 radical (unpaired) electrons. The average Bonchev–Trinajstić information content (AvgIpc) is 1.61. The number of ether oxygens (including phenoxy) is 24. The number of rotatable bonds is 95. The fraction of sp³-hybridized carbons (Fsp3) is 0.728. The maximum absolute atomic E-state index is 14.3. The minimum absolute atomic E-state index is 0.0407. The normalized spacial score (nSPS) is 12.5. The van der Waals surface area contributed by atoms with Gasteiger partial charge >= 0.3 is 12.1 Å². The molecule has 10 N–H and O–H groups in total. The molecule has 0 aliphatic heterocycles. The third kappa shape index (κ3) is 62.8. The van der Waals surface area contributed by atoms with Gasteiger partial charge in [-0.15, -0.1) is 0 Å². The van der Waals surface area contributed by atoms with E-state index in [-0.39, 0.29) is 89.9 Å². The molecule has 3 aromatic rings. The maximum atomic E-state index is 14.3. The summed E-state index contributed by atoms with van der Waals surface area (Å²) in [4.78, 5) is 93.8. The lowest BCUT2D eigenvalue weighted by Gasteiger charge is -2.31. The van der Waals surface area contributed by atoms with E-state index in [0.29, 0.717) is 321 Å². The monoisotopic (exact) mass is 1900 g/mol. The predicted molar refractivity (Wildman–Crippen MR) is 489 cm³/mol. The molecule has 3 aromatic carbocycles. The summed E-state index contributed by atoms with van der Waals surface area (Å²) in [6.07, 6.45) is -0.255. The number of hydrogen-bond acceptors (Lipinski definition) is 32. The van der Waals surface area contributed by atoms with Gasteiger partial charge in [0.25, 0.3) is 0 Å². The van der Waals surface area contributed by atoms with Gasteiger partial charge in [0.2, 0.25) is 29.5 Å². The predicted octanol–water partition coefficient (Wildman–Crippen LogP) is 3.56. The zero-order valence-electron chi connectivity index (χ0n) is 78.6. The molecule has 41 nitrogen and oxygen atoms in total. The van der Waals surface area contributed by atoms with Crippen LogP contribution in [0, 0.1) is 5.92 Å². The highest BCUT2D eigenvalue weighted by Gasteiger charge is 2.37. The van der Waals surface area contributed by atoms with Crippen LogP contribution in [0.25, 0.3) is 11.1 Å². The van der Waals surface area contributed by atoms with E-state index in [4.69, 9.17) is 119 Å². The summed E-state index contributed by atoms with van der Waals surface area (Å²) in [5.41, 5.74) is 10.1. The van der Waals surface area contributed by atoms with Gasteiger partial charge in [-0.25, -0.2) is 9.59 Å². The molecular formula is C92H154N8O33. The highest BCUT2D eigenvalue weighted by molar-refractivity contribution is 5.98. The van der Waals surface area contributed by atoms with Crippen molar-refractivity contribution < 1.29 is 157 Å². The summed E-state index contributed by atoms with van der Waals surface area (Å²) in [7, 11) is 1.64. The van der Waals surface area contributed by atoms with E-state index in [1.54, 1.807) is 45.2 Å². The summed E-state index contributed by atoms with van der Waals surface area (Å²) in [5.74, 6) is -3.50. The smallest absolute Gasteiger partial charge is 0.408 e. The van der Waals surface area contributed by atoms with E-state index in [0.717, 1.165) is 27.2 Å². The first kappa shape index (κ1) is 118. The van der Waals surface area contributed by atoms with Gasteiger partial charge in [-0.1, -0.05) is 74.5 Å². The number of aliphatic hydroxyl groups is 1. The van der Waals surface area contributed by atoms with Crippen molar-refractivity contribution in [2.24, 2.45) is 11.7 Å². The Hall–Kier alpha value is -7.45. The third-order valence-corrected chi connectivity index (χ3v) is 19.5. The van der Waals surface area contributed by atoms with Gasteiger partial charge in [0.15, 0.2) is 0 Å². The Morgan fingerprint density at radius 1 is 0.353 bits per heavy atom. The Kier molecular flexibility index (Phi) is 74.3. The number of nitrogens with two attached hydrogens (primary N) is 1. The van der Waals surface area contributed by atoms with Gasteiger partial charge in [0.05, 0.1) is 317 Å². The number of fused-ring (bicyclic) bond motifs is 3. The van der Waals surface area contributed by atoms with Gasteiger partial charge in [0.1, 0.15) is 18.1 Å². The van der Waals surface area contributed by atoms with Crippen LogP contribution in [0.4, 0.5) is 15.3 Å². The molecule has 1 aliphatic carbocycles. The molecule has 1 aliphatic rings. The van der Waals surface area contributed by atoms with Crippen molar-refractivity contribution in [3.8, 4) is 11.1 Å². The molecule has 0 saturated heterocycles. The molecule has 0 spiro atoms. The van der Waals surface area contributed by atoms with Crippen LogP contribution in [-0.4, -0.2) is 419 Å². The Morgan fingerprint density at radius 2 is 0.684 bits per heavy atom. The van der Waals surface area contributed by atoms with Gasteiger partial charge in [0, 0.05) is 57.7 Å². The van der Waals surface area contributed by atoms with Crippen molar-refractivity contribution in [2.75, 3.05) is 349 Å². The number of methoxy groups -OCH3 is 1. The van der Waals surface area contributed by atoms with E-state index in [1.165, 1.54) is 0 Å². The standard InChI is InChI=1S/C92H154N8O33/c1-75(2)87(90(106)98-83(15-10-24-96-91(93)107)88(104)97-77-19-17-76(74-101)18-20-77)99-86(103)21-25-95-89(105)84(100(92(108)109)73-82-80-13-6-4-11-78(80)79-12-5-7-14-81(79)82)16-8-9-23-94-85(102)22-26-111-29-30-113-33-34-115-37-38-117-41-42-119-45-46-121-49-50-123-53-54-125-57-58-127-61-62-129-65-66-131-69-70-133-72-71-132-68-67-130-64-63-128-60-59-126-56-55-124-52-51-122-48-47-120-44-43-118-40-39-116-36-35-114-32-31-112-28-27-110-3/h4-7,11-14,17-20,75,82-84,87,101H,8-10,15-16,21-74H2,1-3H3,(H,94,102)(H,95,105)(H,97,104)(H,98,106)(H,99,103)(H,108,109)(H3,93,96,107)/t83-,84-,87-/m0/s1. The topological polar surface area (TPSA) is 483 Å². The van der Waals surface area contributed by atoms with Crippen LogP contribution in [0.1, 0.15) is 81.4 Å². The minimum atomic E-state index is -1.31. The van der Waals surface area contributed by atoms with E-state index >= 15 is 0 Å². The molecule has 0 unspecified atom stereocenters. The fourth-order valence-corrected chi connectivity index (χ4v) is 12.6. The molecular weight excluding hydrogens is 1750 g/mol. The summed E-state index contributed by atoms with van der Waals surface area (Å²) >= 11 is 0. The molecule has 0 bridgehead atoms. The van der Waals surface area contributed by atoms with E-state index in [2.05, 4.69) is 31.9 Å². The van der Waals surface area contributed by atoms with Crippen LogP contribution in [0.2, 0.25) is 0 Å². The fourth-order valence-electron chi connectivity index (χ4n) is 12.6. The Labute approximate surface area is 783 Å². The number of carbonyl (C=O) groups excluding carboxylic acids is 6. The maximum Gasteiger partial charge on any atom is 0.408 e. The Morgan fingerprint density at radius 3 is 1.01 bits per heavy atom. The number of aliphatic hydroxyl groups excluding tert-OH is 1. The summed E-state index contributed by atoms with van der Waals surface area (Å²) < 4.78 is 132. The number of benzene rings is 3. The van der Waals surface area contributed by atoms with E-state index in [1.807, 2.05) is 48.5 Å². The summed E-state index contributed by atoms with van der Waals surface area (Å²) in [5, 5.41) is 36.6. The molecule has 133 heavy (non-hydrogen) atoms. The number of anilines is 1. The Balaban J connectivity index is 0.865. The number of amides is 8. The first-order chi connectivity index (χ1) is 65.2. The number of nitrogens with zero attached hydrogens (tertiary/aromatic N) is 1. The number of primary amides is 1. The minimum Gasteiger partial charge on any atom is -0.465 e. The summed E-state index contributed by atoms with van der Waals surface area (Å²) in [6, 6.07) is 17.8. The lowest BCUT2D eigenvalue weighted by molar-refractivity contribution is -0.132. The van der Waals surface area contributed by atoms with Crippen molar-refractivity contribution in [2.45, 2.75) is 89.4 Å². The first-order valence-electron chi connectivity index (χ1n) is 46.4. The SMILES string of the molecule is COCCOCCOCCOCCOCCOCCOCCOCCOCCOCCOCCOCCOCCOCCOCCOCCOCCOCCOCCOCCOCCOCCOCCOCCC(=O)NCCCC[C@@H](C(=O)NCCC(=O)N[C@H](C(=O)N[C@@H](CCCNC(N)=O)C(=O)Nc1ccc(CO)cc1)C(C)C)N(CC1c2ccccc2-c2ccccc21)C(=O)O. The molecule has 3 atom stereocenters. The van der Waals surface area contributed by atoms with E-state index < -0.39 is 59.8 Å². The summed E-state index contributed by atoms with van der Waals surface area (Å²) in [6.45, 7) is 24.6.